The summed E-state index contributed by atoms with van der Waals surface area (Å²) in [6, 6.07) is 0. The highest BCUT2D eigenvalue weighted by molar-refractivity contribution is 5.85. The van der Waals surface area contributed by atoms with E-state index in [2.05, 4.69) is 20.3 Å². The fourth-order valence-electron chi connectivity index (χ4n) is 5.89. The summed E-state index contributed by atoms with van der Waals surface area (Å²) in [7, 11) is 5.72. The summed E-state index contributed by atoms with van der Waals surface area (Å²) in [6.45, 7) is 14.7. The van der Waals surface area contributed by atoms with E-state index >= 15 is 0 Å². The largest absolute Gasteiger partial charge is 0.444 e. The normalized spacial score (nSPS) is 17.0. The molecule has 0 unspecified atom stereocenters. The molecular formula is C40H74ClN9O7. The maximum absolute atomic E-state index is 12.0. The van der Waals surface area contributed by atoms with Gasteiger partial charge in [-0.05, 0) is 67.5 Å². The van der Waals surface area contributed by atoms with Gasteiger partial charge >= 0.3 is 12.2 Å². The number of piperidine rings is 3. The van der Waals surface area contributed by atoms with Gasteiger partial charge in [-0.15, -0.1) is 12.4 Å². The lowest BCUT2D eigenvalue weighted by Crippen LogP contribution is -2.47. The predicted molar refractivity (Wildman–Crippen MR) is 226 cm³/mol. The van der Waals surface area contributed by atoms with Gasteiger partial charge in [0.15, 0.2) is 0 Å². The van der Waals surface area contributed by atoms with E-state index in [1.165, 1.54) is 0 Å². The SMILES string of the molecule is C.C.C.CC(C)(C)OC(=O)N1CCC(=O)CC1.Cl.Cn1ccnc1.Cn1ccnc1C1(O)CCN(C(=O)OC(C)(C)C)CC1.Cn1ccnc1C1(O)CCNCC1. The molecule has 0 radical (unpaired) electrons. The molecular weight excluding hydrogens is 754 g/mol. The number of amides is 2. The zero-order valence-corrected chi connectivity index (χ0v) is 34.3. The van der Waals surface area contributed by atoms with Crippen LogP contribution < -0.4 is 5.32 Å². The Balaban J connectivity index is 0. The Hall–Kier alpha value is -3.99. The Kier molecular flexibility index (Phi) is 23.3. The molecule has 3 aliphatic rings. The zero-order chi connectivity index (χ0) is 39.5. The molecule has 3 fully saturated rings. The smallest absolute Gasteiger partial charge is 0.410 e. The number of hydrogen-bond donors (Lipinski definition) is 3. The van der Waals surface area contributed by atoms with Crippen LogP contribution in [0.4, 0.5) is 9.59 Å². The molecule has 6 rings (SSSR count). The summed E-state index contributed by atoms with van der Waals surface area (Å²) >= 11 is 0. The third kappa shape index (κ3) is 18.0. The second-order valence-electron chi connectivity index (χ2n) is 15.7. The highest BCUT2D eigenvalue weighted by Crippen LogP contribution is 2.32. The molecule has 3 aromatic heterocycles. The fraction of sp³-hybridized carbons (Fsp3) is 0.700. The Morgan fingerprint density at radius 2 is 1.09 bits per heavy atom. The molecule has 0 aliphatic carbocycles. The van der Waals surface area contributed by atoms with Crippen molar-refractivity contribution < 1.29 is 34.1 Å². The Morgan fingerprint density at radius 1 is 0.684 bits per heavy atom. The van der Waals surface area contributed by atoms with Gasteiger partial charge in [-0.3, -0.25) is 4.79 Å². The highest BCUT2D eigenvalue weighted by Gasteiger charge is 2.39. The van der Waals surface area contributed by atoms with Gasteiger partial charge in [-0.1, -0.05) is 22.3 Å². The minimum absolute atomic E-state index is 0. The van der Waals surface area contributed by atoms with E-state index in [4.69, 9.17) is 9.47 Å². The topological polar surface area (TPSA) is 182 Å². The first-order valence-corrected chi connectivity index (χ1v) is 18.2. The number of aliphatic hydroxyl groups is 2. The van der Waals surface area contributed by atoms with Gasteiger partial charge in [0.2, 0.25) is 0 Å². The summed E-state index contributed by atoms with van der Waals surface area (Å²) in [5, 5.41) is 24.2. The number of likely N-dealkylation sites (tertiary alicyclic amines) is 2. The van der Waals surface area contributed by atoms with Gasteiger partial charge in [0.05, 0.1) is 6.33 Å². The van der Waals surface area contributed by atoms with Crippen LogP contribution in [0.5, 0.6) is 0 Å². The molecule has 3 N–H and O–H groups in total. The van der Waals surface area contributed by atoms with Crippen LogP contribution in [0.15, 0.2) is 43.5 Å². The number of Topliss-reactive ketones (excluding diaryl/α,β-unsaturated/α-hetero) is 1. The predicted octanol–water partition coefficient (Wildman–Crippen LogP) is 5.97. The average molecular weight is 829 g/mol. The molecule has 3 aromatic rings. The minimum Gasteiger partial charge on any atom is -0.444 e. The van der Waals surface area contributed by atoms with Crippen molar-refractivity contribution >= 4 is 30.4 Å². The number of aromatic nitrogens is 6. The highest BCUT2D eigenvalue weighted by atomic mass is 35.5. The lowest BCUT2D eigenvalue weighted by atomic mass is 9.90. The first-order chi connectivity index (χ1) is 24.7. The summed E-state index contributed by atoms with van der Waals surface area (Å²) in [5.41, 5.74) is -2.64. The number of carbonyl (C=O) groups excluding carboxylic acids is 3. The number of nitrogens with zero attached hydrogens (tertiary/aromatic N) is 8. The molecule has 0 spiro atoms. The number of halogens is 1. The molecule has 0 bridgehead atoms. The van der Waals surface area contributed by atoms with Gasteiger partial charge in [0.1, 0.15) is 39.8 Å². The van der Waals surface area contributed by atoms with E-state index in [0.717, 1.165) is 31.8 Å². The third-order valence-electron chi connectivity index (χ3n) is 8.76. The number of rotatable bonds is 2. The molecule has 3 aliphatic heterocycles. The molecule has 3 saturated heterocycles. The van der Waals surface area contributed by atoms with Crippen molar-refractivity contribution in [1.29, 1.82) is 0 Å². The summed E-state index contributed by atoms with van der Waals surface area (Å²) in [5.74, 6) is 1.67. The van der Waals surface area contributed by atoms with Gasteiger partial charge in [-0.25, -0.2) is 24.5 Å². The van der Waals surface area contributed by atoms with Crippen LogP contribution in [0, 0.1) is 0 Å². The lowest BCUT2D eigenvalue weighted by Gasteiger charge is -2.38. The van der Waals surface area contributed by atoms with Gasteiger partial charge in [-0.2, -0.15) is 0 Å². The van der Waals surface area contributed by atoms with Crippen molar-refractivity contribution in [2.24, 2.45) is 21.1 Å². The number of ketones is 1. The minimum atomic E-state index is -0.962. The second kappa shape index (κ2) is 24.1. The van der Waals surface area contributed by atoms with E-state index in [0.29, 0.717) is 57.7 Å². The fourth-order valence-corrected chi connectivity index (χ4v) is 5.89. The van der Waals surface area contributed by atoms with Crippen LogP contribution >= 0.6 is 12.4 Å². The second-order valence-corrected chi connectivity index (χ2v) is 15.7. The first-order valence-electron chi connectivity index (χ1n) is 18.2. The molecule has 16 nitrogen and oxygen atoms in total. The van der Waals surface area contributed by atoms with Crippen LogP contribution in [0.2, 0.25) is 0 Å². The van der Waals surface area contributed by atoms with E-state index < -0.39 is 22.4 Å². The number of imidazole rings is 3. The number of aryl methyl sites for hydroxylation is 3. The quantitative estimate of drug-likeness (QED) is 0.277. The summed E-state index contributed by atoms with van der Waals surface area (Å²) in [4.78, 5) is 49.9. The Morgan fingerprint density at radius 3 is 1.40 bits per heavy atom. The molecule has 0 saturated carbocycles. The average Bonchev–Trinajstić information content (AvgIpc) is 3.84. The van der Waals surface area contributed by atoms with Crippen molar-refractivity contribution in [2.45, 2.75) is 125 Å². The third-order valence-corrected chi connectivity index (χ3v) is 8.76. The monoisotopic (exact) mass is 828 g/mol. The van der Waals surface area contributed by atoms with Crippen molar-refractivity contribution in [3.63, 3.8) is 0 Å². The number of hydrogen-bond acceptors (Lipinski definition) is 11. The van der Waals surface area contributed by atoms with Crippen molar-refractivity contribution in [3.05, 3.63) is 55.2 Å². The number of nitrogens with one attached hydrogen (secondary N) is 1. The molecule has 0 aromatic carbocycles. The zero-order valence-electron chi connectivity index (χ0n) is 33.4. The van der Waals surface area contributed by atoms with Crippen LogP contribution in [-0.2, 0) is 46.6 Å². The van der Waals surface area contributed by atoms with Crippen LogP contribution in [0.3, 0.4) is 0 Å². The van der Waals surface area contributed by atoms with E-state index in [1.807, 2.05) is 95.0 Å². The summed E-state index contributed by atoms with van der Waals surface area (Å²) in [6.07, 6.45) is 15.2. The Bertz CT molecular complexity index is 1570. The number of carbonyl (C=O) groups is 3. The van der Waals surface area contributed by atoms with Gasteiger partial charge in [0.25, 0.3) is 0 Å². The van der Waals surface area contributed by atoms with Crippen molar-refractivity contribution in [1.82, 2.24) is 43.8 Å². The van der Waals surface area contributed by atoms with E-state index in [1.54, 1.807) is 34.7 Å². The molecule has 6 heterocycles. The van der Waals surface area contributed by atoms with E-state index in [-0.39, 0.29) is 52.7 Å². The van der Waals surface area contributed by atoms with E-state index in [9.17, 15) is 24.6 Å². The van der Waals surface area contributed by atoms with Gasteiger partial charge < -0.3 is 48.5 Å². The summed E-state index contributed by atoms with van der Waals surface area (Å²) < 4.78 is 16.1. The Labute approximate surface area is 347 Å². The van der Waals surface area contributed by atoms with Crippen LogP contribution in [0.1, 0.15) is 114 Å². The van der Waals surface area contributed by atoms with Gasteiger partial charge in [0, 0.05) is 110 Å². The molecule has 57 heavy (non-hydrogen) atoms. The molecule has 2 amide bonds. The molecule has 328 valence electrons. The number of ether oxygens (including phenoxy) is 2. The lowest BCUT2D eigenvalue weighted by molar-refractivity contribution is -0.121. The van der Waals surface area contributed by atoms with Crippen molar-refractivity contribution in [2.75, 3.05) is 39.3 Å². The van der Waals surface area contributed by atoms with Crippen LogP contribution in [0.25, 0.3) is 0 Å². The first kappa shape index (κ1) is 55.1. The molecule has 17 heteroatoms. The standard InChI is InChI=1S/C14H23N3O3.C10H17NO3.C9H15N3O.C4H6N2.3CH4.ClH/c1-13(2,3)20-12(18)17-8-5-14(19,6-9-17)11-15-7-10-16(11)4;1-10(2,3)14-9(13)11-6-4-8(12)5-7-11;1-12-7-6-11-8(12)9(13)2-4-10-5-3-9;1-6-3-2-5-4-6;;;;/h7,10,19H,5-6,8-9H2,1-4H3;4-7H2,1-3H3;6-7,10,13H,2-5H2,1H3;2-4H,1H3;3*1H4;1H. The van der Waals surface area contributed by atoms with Crippen molar-refractivity contribution in [3.8, 4) is 0 Å². The maximum Gasteiger partial charge on any atom is 0.410 e. The van der Waals surface area contributed by atoms with Crippen LogP contribution in [-0.4, -0.2) is 117 Å². The maximum atomic E-state index is 12.0. The molecule has 0 atom stereocenters.